The number of nitrogens with zero attached hydrogens (tertiary/aromatic N) is 6. The normalized spacial score (nSPS) is 11.9. The van der Waals surface area contributed by atoms with Crippen molar-refractivity contribution in [2.24, 2.45) is 0 Å². The molecule has 1 radical (unpaired) electrons. The third-order valence-electron chi connectivity index (χ3n) is 6.60. The van der Waals surface area contributed by atoms with Crippen molar-refractivity contribution in [1.82, 2.24) is 50.5 Å². The second-order valence-electron chi connectivity index (χ2n) is 8.55. The topological polar surface area (TPSA) is 140 Å². The summed E-state index contributed by atoms with van der Waals surface area (Å²) in [7, 11) is 0. The SMILES string of the molecule is [c]1[nH]c(-c2ccnc3[nH]ncc23)c2c(-c3nccc4cn[nH]c34)c(-c3cc4cn[nH]c4cn3)ccc12. The van der Waals surface area contributed by atoms with Crippen molar-refractivity contribution in [2.45, 2.75) is 0 Å². The Kier molecular flexibility index (Phi) is 3.72. The number of H-pyrrole nitrogens is 4. The fraction of sp³-hybridized carbons (Fsp3) is 0. The first-order valence-electron chi connectivity index (χ1n) is 11.3. The van der Waals surface area contributed by atoms with E-state index in [2.05, 4.69) is 58.9 Å². The maximum atomic E-state index is 4.83. The number of aromatic amines is 4. The minimum atomic E-state index is 0.717. The molecule has 7 aromatic heterocycles. The van der Waals surface area contributed by atoms with E-state index < -0.39 is 0 Å². The van der Waals surface area contributed by atoms with Crippen LogP contribution in [-0.4, -0.2) is 50.5 Å². The maximum Gasteiger partial charge on any atom is 0.155 e. The molecule has 0 aliphatic rings. The van der Waals surface area contributed by atoms with Crippen molar-refractivity contribution in [1.29, 1.82) is 0 Å². The van der Waals surface area contributed by atoms with Crippen LogP contribution in [0.15, 0.2) is 67.5 Å². The molecule has 0 aliphatic heterocycles. The Morgan fingerprint density at radius 2 is 1.61 bits per heavy atom. The van der Waals surface area contributed by atoms with Crippen LogP contribution in [-0.2, 0) is 0 Å². The lowest BCUT2D eigenvalue weighted by atomic mass is 9.92. The van der Waals surface area contributed by atoms with E-state index in [1.165, 1.54) is 0 Å². The largest absolute Gasteiger partial charge is 0.352 e. The van der Waals surface area contributed by atoms with Crippen molar-refractivity contribution in [3.05, 3.63) is 73.7 Å². The highest BCUT2D eigenvalue weighted by Gasteiger charge is 2.22. The van der Waals surface area contributed by atoms with Crippen LogP contribution in [0.5, 0.6) is 0 Å². The fourth-order valence-electron chi connectivity index (χ4n) is 4.94. The Morgan fingerprint density at radius 1 is 0.722 bits per heavy atom. The summed E-state index contributed by atoms with van der Waals surface area (Å²) < 4.78 is 0. The van der Waals surface area contributed by atoms with Gasteiger partial charge in [0.25, 0.3) is 0 Å². The minimum absolute atomic E-state index is 0.717. The predicted molar refractivity (Wildman–Crippen MR) is 136 cm³/mol. The van der Waals surface area contributed by atoms with Gasteiger partial charge in [-0.25, -0.2) is 4.98 Å². The zero-order valence-corrected chi connectivity index (χ0v) is 18.5. The Hall–Kier alpha value is -5.38. The molecule has 7 heterocycles. The van der Waals surface area contributed by atoms with Gasteiger partial charge in [-0.3, -0.25) is 25.3 Å². The van der Waals surface area contributed by atoms with Crippen LogP contribution >= 0.6 is 0 Å². The number of hydrogen-bond donors (Lipinski definition) is 4. The average Bonchev–Trinajstić information content (AvgIpc) is 3.72. The molecule has 36 heavy (non-hydrogen) atoms. The van der Waals surface area contributed by atoms with Crippen molar-refractivity contribution < 1.29 is 0 Å². The van der Waals surface area contributed by atoms with Crippen molar-refractivity contribution in [3.8, 4) is 33.8 Å². The molecular weight excluding hydrogens is 452 g/mol. The first kappa shape index (κ1) is 19.0. The molecule has 0 atom stereocenters. The molecule has 4 N–H and O–H groups in total. The van der Waals surface area contributed by atoms with Gasteiger partial charge in [0, 0.05) is 56.0 Å². The van der Waals surface area contributed by atoms with Gasteiger partial charge in [0.1, 0.15) is 0 Å². The summed E-state index contributed by atoms with van der Waals surface area (Å²) in [5.74, 6) is 0. The Bertz CT molecular complexity index is 2070. The molecule has 0 unspecified atom stereocenters. The molecule has 0 aliphatic carbocycles. The minimum Gasteiger partial charge on any atom is -0.352 e. The summed E-state index contributed by atoms with van der Waals surface area (Å²) in [6.07, 6.45) is 14.1. The molecule has 0 saturated carbocycles. The lowest BCUT2D eigenvalue weighted by Crippen LogP contribution is -1.94. The summed E-state index contributed by atoms with van der Waals surface area (Å²) in [6.45, 7) is 0. The number of hydrogen-bond acceptors (Lipinski definition) is 6. The monoisotopic (exact) mass is 467 g/mol. The molecular formula is C26H15N10. The molecule has 8 aromatic rings. The van der Waals surface area contributed by atoms with Crippen LogP contribution in [0.1, 0.15) is 0 Å². The number of rotatable bonds is 3. The number of benzene rings is 1. The van der Waals surface area contributed by atoms with E-state index in [4.69, 9.17) is 9.97 Å². The number of fused-ring (bicyclic) bond motifs is 4. The lowest BCUT2D eigenvalue weighted by Gasteiger charge is -2.13. The molecule has 0 bridgehead atoms. The molecule has 1 aromatic carbocycles. The molecule has 10 heteroatoms. The zero-order chi connectivity index (χ0) is 23.6. The quantitative estimate of drug-likeness (QED) is 0.295. The molecule has 0 amide bonds. The highest BCUT2D eigenvalue weighted by atomic mass is 15.1. The third kappa shape index (κ3) is 2.60. The maximum absolute atomic E-state index is 4.83. The highest BCUT2D eigenvalue weighted by molar-refractivity contribution is 6.15. The van der Waals surface area contributed by atoms with Gasteiger partial charge in [0.15, 0.2) is 5.65 Å². The van der Waals surface area contributed by atoms with Gasteiger partial charge in [0.05, 0.1) is 59.1 Å². The Balaban J connectivity index is 1.53. The first-order chi connectivity index (χ1) is 17.8. The van der Waals surface area contributed by atoms with Gasteiger partial charge < -0.3 is 4.98 Å². The van der Waals surface area contributed by atoms with E-state index in [-0.39, 0.29) is 0 Å². The summed E-state index contributed by atoms with van der Waals surface area (Å²) >= 11 is 0. The van der Waals surface area contributed by atoms with E-state index in [9.17, 15) is 0 Å². The molecule has 0 saturated heterocycles. The molecule has 8 rings (SSSR count). The molecule has 10 nitrogen and oxygen atoms in total. The summed E-state index contributed by atoms with van der Waals surface area (Å²) in [4.78, 5) is 17.4. The van der Waals surface area contributed by atoms with Gasteiger partial charge in [0.2, 0.25) is 0 Å². The van der Waals surface area contributed by atoms with Crippen molar-refractivity contribution in [3.63, 3.8) is 0 Å². The Morgan fingerprint density at radius 3 is 2.61 bits per heavy atom. The standard InChI is InChI=1S/C26H15N10/c1-2-17(19-7-15-10-31-34-20(15)12-29-19)22(25-23-14(3-5-27-25)9-32-35-23)21-13(1)8-30-24(21)16-4-6-28-26-18(16)11-33-36-26/h1-7,9-12,30H,(H,31,34)(H,32,35)(H,28,33,36). The first-order valence-corrected chi connectivity index (χ1v) is 11.3. The number of pyridine rings is 3. The smallest absolute Gasteiger partial charge is 0.155 e. The lowest BCUT2D eigenvalue weighted by molar-refractivity contribution is 1.10. The van der Waals surface area contributed by atoms with Gasteiger partial charge in [-0.2, -0.15) is 15.3 Å². The summed E-state index contributed by atoms with van der Waals surface area (Å²) in [6, 6.07) is 10.1. The van der Waals surface area contributed by atoms with E-state index in [0.29, 0.717) is 5.65 Å². The number of nitrogens with one attached hydrogen (secondary N) is 4. The van der Waals surface area contributed by atoms with Gasteiger partial charge in [-0.05, 0) is 18.2 Å². The van der Waals surface area contributed by atoms with Crippen LogP contribution in [0, 0.1) is 6.20 Å². The fourth-order valence-corrected chi connectivity index (χ4v) is 4.94. The predicted octanol–water partition coefficient (Wildman–Crippen LogP) is 4.78. The van der Waals surface area contributed by atoms with Crippen LogP contribution in [0.3, 0.4) is 0 Å². The zero-order valence-electron chi connectivity index (χ0n) is 18.5. The van der Waals surface area contributed by atoms with Crippen LogP contribution in [0.2, 0.25) is 0 Å². The van der Waals surface area contributed by atoms with Crippen molar-refractivity contribution in [2.75, 3.05) is 0 Å². The highest BCUT2D eigenvalue weighted by Crippen LogP contribution is 2.43. The second-order valence-corrected chi connectivity index (χ2v) is 8.55. The molecule has 0 spiro atoms. The molecule has 169 valence electrons. The van der Waals surface area contributed by atoms with E-state index in [1.54, 1.807) is 37.2 Å². The van der Waals surface area contributed by atoms with Crippen LogP contribution in [0.25, 0.3) is 77.4 Å². The second kappa shape index (κ2) is 7.06. The summed E-state index contributed by atoms with van der Waals surface area (Å²) in [5, 5.41) is 26.5. The van der Waals surface area contributed by atoms with E-state index in [0.717, 1.165) is 71.7 Å². The van der Waals surface area contributed by atoms with Crippen molar-refractivity contribution >= 4 is 43.6 Å². The average molecular weight is 467 g/mol. The van der Waals surface area contributed by atoms with Gasteiger partial charge >= 0.3 is 0 Å². The van der Waals surface area contributed by atoms with Gasteiger partial charge in [-0.15, -0.1) is 0 Å². The van der Waals surface area contributed by atoms with Crippen LogP contribution < -0.4 is 0 Å². The summed E-state index contributed by atoms with van der Waals surface area (Å²) in [5.41, 5.74) is 7.78. The van der Waals surface area contributed by atoms with E-state index >= 15 is 0 Å². The van der Waals surface area contributed by atoms with E-state index in [1.807, 2.05) is 18.2 Å². The number of aromatic nitrogens is 10. The molecule has 0 fully saturated rings. The third-order valence-corrected chi connectivity index (χ3v) is 6.60. The van der Waals surface area contributed by atoms with Crippen LogP contribution in [0.4, 0.5) is 0 Å². The van der Waals surface area contributed by atoms with Gasteiger partial charge in [-0.1, -0.05) is 12.1 Å². The Labute approximate surface area is 201 Å².